The number of aromatic carboxylic acids is 1. The number of nitrogens with zero attached hydrogens (tertiary/aromatic N) is 1. The summed E-state index contributed by atoms with van der Waals surface area (Å²) in [6.07, 6.45) is 0. The highest BCUT2D eigenvalue weighted by Crippen LogP contribution is 2.14. The lowest BCUT2D eigenvalue weighted by Crippen LogP contribution is -2.30. The van der Waals surface area contributed by atoms with E-state index in [0.29, 0.717) is 5.56 Å². The molecule has 2 N–H and O–H groups in total. The Morgan fingerprint density at radius 2 is 1.88 bits per heavy atom. The molecule has 0 unspecified atom stereocenters. The first-order valence-corrected chi connectivity index (χ1v) is 6.81. The predicted octanol–water partition coefficient (Wildman–Crippen LogP) is 1.71. The number of nitrogens with one attached hydrogen (secondary N) is 1. The summed E-state index contributed by atoms with van der Waals surface area (Å²) in [5.41, 5.74) is -1.46. The zero-order chi connectivity index (χ0) is 17.4. The molecule has 0 fully saturated rings. The van der Waals surface area contributed by atoms with E-state index in [1.165, 1.54) is 12.1 Å². The van der Waals surface area contributed by atoms with Crippen molar-refractivity contribution in [2.45, 2.75) is 6.54 Å². The maximum atomic E-state index is 13.5. The Labute approximate surface area is 132 Å². The number of benzene rings is 2. The third-order valence-electron chi connectivity index (χ3n) is 3.56. The molecule has 0 spiro atoms. The lowest BCUT2D eigenvalue weighted by atomic mass is 10.1. The summed E-state index contributed by atoms with van der Waals surface area (Å²) in [6, 6.07) is 6.79. The van der Waals surface area contributed by atoms with E-state index in [4.69, 9.17) is 5.11 Å². The van der Waals surface area contributed by atoms with Crippen LogP contribution < -0.4 is 11.2 Å². The maximum Gasteiger partial charge on any atom is 0.338 e. The van der Waals surface area contributed by atoms with Gasteiger partial charge >= 0.3 is 11.7 Å². The normalized spacial score (nSPS) is 10.9. The molecule has 2 aromatic carbocycles. The highest BCUT2D eigenvalue weighted by Gasteiger charge is 2.13. The van der Waals surface area contributed by atoms with Crippen LogP contribution in [0.1, 0.15) is 15.9 Å². The van der Waals surface area contributed by atoms with Crippen molar-refractivity contribution in [2.75, 3.05) is 0 Å². The summed E-state index contributed by atoms with van der Waals surface area (Å²) >= 11 is 0. The summed E-state index contributed by atoms with van der Waals surface area (Å²) in [5, 5.41) is 8.93. The van der Waals surface area contributed by atoms with Crippen molar-refractivity contribution in [3.8, 4) is 0 Å². The van der Waals surface area contributed by atoms with Crippen LogP contribution in [0.25, 0.3) is 10.9 Å². The molecule has 3 rings (SSSR count). The zero-order valence-corrected chi connectivity index (χ0v) is 12.0. The average molecular weight is 332 g/mol. The zero-order valence-electron chi connectivity index (χ0n) is 12.0. The maximum absolute atomic E-state index is 13.5. The van der Waals surface area contributed by atoms with E-state index in [1.807, 2.05) is 0 Å². The number of rotatable bonds is 3. The minimum absolute atomic E-state index is 0.0184. The van der Waals surface area contributed by atoms with Crippen LogP contribution in [-0.4, -0.2) is 20.6 Å². The fourth-order valence-electron chi connectivity index (χ4n) is 2.44. The van der Waals surface area contributed by atoms with Crippen LogP contribution in [0, 0.1) is 11.6 Å². The van der Waals surface area contributed by atoms with Crippen molar-refractivity contribution in [3.05, 3.63) is 80.0 Å². The molecule has 1 heterocycles. The summed E-state index contributed by atoms with van der Waals surface area (Å²) in [6.45, 7) is -0.113. The first-order chi connectivity index (χ1) is 11.4. The topological polar surface area (TPSA) is 92.2 Å². The Morgan fingerprint density at radius 1 is 1.12 bits per heavy atom. The number of carbonyl (C=O) groups is 1. The molecule has 0 saturated carbocycles. The minimum Gasteiger partial charge on any atom is -0.478 e. The predicted molar refractivity (Wildman–Crippen MR) is 81.2 cm³/mol. The van der Waals surface area contributed by atoms with Gasteiger partial charge in [0.05, 0.1) is 23.0 Å². The van der Waals surface area contributed by atoms with Gasteiger partial charge in [0.25, 0.3) is 5.56 Å². The van der Waals surface area contributed by atoms with E-state index in [1.54, 1.807) is 0 Å². The van der Waals surface area contributed by atoms with Gasteiger partial charge in [0, 0.05) is 0 Å². The number of carboxylic acids is 1. The summed E-state index contributed by atoms with van der Waals surface area (Å²) in [4.78, 5) is 36.9. The van der Waals surface area contributed by atoms with Crippen LogP contribution in [-0.2, 0) is 6.54 Å². The van der Waals surface area contributed by atoms with Crippen LogP contribution in [0.5, 0.6) is 0 Å². The second kappa shape index (κ2) is 5.73. The second-order valence-corrected chi connectivity index (χ2v) is 5.13. The van der Waals surface area contributed by atoms with Crippen molar-refractivity contribution in [1.82, 2.24) is 9.55 Å². The molecule has 24 heavy (non-hydrogen) atoms. The van der Waals surface area contributed by atoms with Gasteiger partial charge in [0.15, 0.2) is 0 Å². The van der Waals surface area contributed by atoms with E-state index >= 15 is 0 Å². The monoisotopic (exact) mass is 332 g/mol. The fourth-order valence-corrected chi connectivity index (χ4v) is 2.44. The average Bonchev–Trinajstić information content (AvgIpc) is 2.53. The molecule has 8 heteroatoms. The highest BCUT2D eigenvalue weighted by atomic mass is 19.1. The number of hydrogen-bond acceptors (Lipinski definition) is 3. The summed E-state index contributed by atoms with van der Waals surface area (Å²) in [5.74, 6) is -2.96. The number of hydrogen-bond donors (Lipinski definition) is 2. The van der Waals surface area contributed by atoms with Crippen molar-refractivity contribution in [3.63, 3.8) is 0 Å². The Bertz CT molecular complexity index is 1090. The summed E-state index contributed by atoms with van der Waals surface area (Å²) < 4.78 is 27.9. The standard InChI is InChI=1S/C16H10F2N2O4/c17-9-2-4-13-11(6-9)14(21)19-16(24)20(13)7-8-1-3-12(18)10(5-8)15(22)23/h1-6H,7H2,(H,22,23)(H,19,21,24). The number of H-pyrrole nitrogens is 1. The second-order valence-electron chi connectivity index (χ2n) is 5.13. The minimum atomic E-state index is -1.44. The molecule has 3 aromatic rings. The molecule has 0 aliphatic heterocycles. The first kappa shape index (κ1) is 15.6. The summed E-state index contributed by atoms with van der Waals surface area (Å²) in [7, 11) is 0. The molecule has 6 nitrogen and oxygen atoms in total. The molecule has 0 bridgehead atoms. The van der Waals surface area contributed by atoms with Gasteiger partial charge in [-0.1, -0.05) is 6.07 Å². The molecular weight excluding hydrogens is 322 g/mol. The molecule has 122 valence electrons. The van der Waals surface area contributed by atoms with E-state index < -0.39 is 34.4 Å². The van der Waals surface area contributed by atoms with Gasteiger partial charge in [0.2, 0.25) is 0 Å². The van der Waals surface area contributed by atoms with Crippen LogP contribution in [0.3, 0.4) is 0 Å². The Balaban J connectivity index is 2.18. The Kier molecular flexibility index (Phi) is 3.72. The van der Waals surface area contributed by atoms with Gasteiger partial charge in [-0.3, -0.25) is 14.3 Å². The number of aromatic amines is 1. The van der Waals surface area contributed by atoms with Crippen LogP contribution in [0.4, 0.5) is 8.78 Å². The molecule has 0 saturated heterocycles. The molecule has 1 aromatic heterocycles. The van der Waals surface area contributed by atoms with E-state index in [9.17, 15) is 23.2 Å². The van der Waals surface area contributed by atoms with Crippen molar-refractivity contribution >= 4 is 16.9 Å². The molecule has 0 aliphatic rings. The van der Waals surface area contributed by atoms with E-state index in [0.717, 1.165) is 28.8 Å². The van der Waals surface area contributed by atoms with Crippen LogP contribution in [0.2, 0.25) is 0 Å². The fraction of sp³-hybridized carbons (Fsp3) is 0.0625. The lowest BCUT2D eigenvalue weighted by molar-refractivity contribution is 0.0691. The lowest BCUT2D eigenvalue weighted by Gasteiger charge is -2.10. The molecule has 0 aliphatic carbocycles. The van der Waals surface area contributed by atoms with Crippen molar-refractivity contribution in [2.24, 2.45) is 0 Å². The molecular formula is C16H10F2N2O4. The smallest absolute Gasteiger partial charge is 0.338 e. The van der Waals surface area contributed by atoms with Gasteiger partial charge in [-0.05, 0) is 35.9 Å². The van der Waals surface area contributed by atoms with E-state index in [-0.39, 0.29) is 17.4 Å². The SMILES string of the molecule is O=C(O)c1cc(Cn2c(=O)[nH]c(=O)c3cc(F)ccc32)ccc1F. The van der Waals surface area contributed by atoms with Crippen LogP contribution >= 0.6 is 0 Å². The van der Waals surface area contributed by atoms with Gasteiger partial charge < -0.3 is 5.11 Å². The van der Waals surface area contributed by atoms with Gasteiger partial charge in [-0.2, -0.15) is 0 Å². The number of aromatic nitrogens is 2. The number of fused-ring (bicyclic) bond motifs is 1. The Hall–Kier alpha value is -3.29. The number of carboxylic acid groups (broad SMARTS) is 1. The van der Waals surface area contributed by atoms with E-state index in [2.05, 4.69) is 4.98 Å². The quantitative estimate of drug-likeness (QED) is 0.764. The molecule has 0 atom stereocenters. The molecule has 0 radical (unpaired) electrons. The third kappa shape index (κ3) is 2.69. The Morgan fingerprint density at radius 3 is 2.58 bits per heavy atom. The first-order valence-electron chi connectivity index (χ1n) is 6.81. The third-order valence-corrected chi connectivity index (χ3v) is 3.56. The largest absolute Gasteiger partial charge is 0.478 e. The highest BCUT2D eigenvalue weighted by molar-refractivity contribution is 5.88. The van der Waals surface area contributed by atoms with Gasteiger partial charge in [-0.25, -0.2) is 18.4 Å². The number of halogens is 2. The van der Waals surface area contributed by atoms with Gasteiger partial charge in [-0.15, -0.1) is 0 Å². The van der Waals surface area contributed by atoms with Crippen molar-refractivity contribution in [1.29, 1.82) is 0 Å². The van der Waals surface area contributed by atoms with Crippen molar-refractivity contribution < 1.29 is 18.7 Å². The molecule has 0 amide bonds. The van der Waals surface area contributed by atoms with Crippen LogP contribution in [0.15, 0.2) is 46.0 Å². The van der Waals surface area contributed by atoms with Gasteiger partial charge in [0.1, 0.15) is 11.6 Å².